The maximum absolute atomic E-state index is 8.58. The van der Waals surface area contributed by atoms with Gasteiger partial charge >= 0.3 is 184 Å². The Hall–Kier alpha value is 1.37. The Morgan fingerprint density at radius 3 is 0.259 bits per heavy atom. The van der Waals surface area contributed by atoms with Gasteiger partial charge in [0.2, 0.25) is 0 Å². The van der Waals surface area contributed by atoms with E-state index in [1.54, 1.807) is 0 Å². The van der Waals surface area contributed by atoms with Crippen molar-refractivity contribution in [2.24, 2.45) is 0 Å². The normalized spacial score (nSPS) is 10.7. The Labute approximate surface area is 182 Å². The van der Waals surface area contributed by atoms with E-state index in [1.165, 1.54) is 0 Å². The van der Waals surface area contributed by atoms with Gasteiger partial charge in [-0.2, -0.15) is 0 Å². The number of hydrogen-bond acceptors (Lipinski definition) is 20. The molecule has 0 N–H and O–H groups in total. The van der Waals surface area contributed by atoms with Gasteiger partial charge in [-0.1, -0.05) is 0 Å². The summed E-state index contributed by atoms with van der Waals surface area (Å²) in [5.74, 6) is 0. The third-order valence-corrected chi connectivity index (χ3v) is 0. The van der Waals surface area contributed by atoms with Crippen molar-refractivity contribution in [2.75, 3.05) is 0 Å². The summed E-state index contributed by atoms with van der Waals surface area (Å²) in [6.45, 7) is 0. The molecule has 0 saturated heterocycles. The Balaban J connectivity index is -0.0000000364. The second kappa shape index (κ2) is 19.3. The first-order chi connectivity index (χ1) is 10.0. The summed E-state index contributed by atoms with van der Waals surface area (Å²) in [5, 5.41) is 0. The molecule has 0 aliphatic rings. The van der Waals surface area contributed by atoms with E-state index in [9.17, 15) is 0 Å². The van der Waals surface area contributed by atoms with Crippen LogP contribution in [-0.2, 0) is 142 Å². The molecule has 27 heteroatoms. The molecule has 0 amide bonds. The molecule has 0 aromatic heterocycles. The van der Waals surface area contributed by atoms with Crippen LogP contribution < -0.4 is 41.9 Å². The van der Waals surface area contributed by atoms with Crippen molar-refractivity contribution < 1.29 is 184 Å². The van der Waals surface area contributed by atoms with E-state index in [2.05, 4.69) is 0 Å². The SMILES string of the molecule is [O]=[Mn](=[O])([O-])[O-].[O]=[Mn](=[O])([O-])[O-].[O]=[Mn](=[O])([O-])[O-].[O]=[Mn](=[O])([O-])[O-].[O]=[Mn](=[O])([O-])[O-].[V+5].[V+5]. The van der Waals surface area contributed by atoms with E-state index in [0.29, 0.717) is 0 Å². The fraction of sp³-hybridized carbons (Fsp3) is 0. The van der Waals surface area contributed by atoms with Crippen LogP contribution in [0.2, 0.25) is 0 Å². The molecular formula is Mn5O20V2. The van der Waals surface area contributed by atoms with Gasteiger partial charge in [-0.05, 0) is 0 Å². The van der Waals surface area contributed by atoms with Crippen LogP contribution in [0.5, 0.6) is 0 Å². The molecule has 0 aromatic carbocycles. The zero-order chi connectivity index (χ0) is 22.5. The largest absolute Gasteiger partial charge is 5.00 e. The predicted molar refractivity (Wildman–Crippen MR) is 6.86 cm³/mol. The molecule has 0 atom stereocenters. The van der Waals surface area contributed by atoms with Crippen LogP contribution in [0.3, 0.4) is 0 Å². The molecule has 0 rings (SSSR count). The summed E-state index contributed by atoms with van der Waals surface area (Å²) < 4.78 is 172. The fourth-order valence-electron chi connectivity index (χ4n) is 0. The fourth-order valence-corrected chi connectivity index (χ4v) is 0. The average Bonchev–Trinajstić information content (AvgIpc) is 1.79. The quantitative estimate of drug-likeness (QED) is 0.212. The minimum Gasteiger partial charge on any atom is 5.00 e. The van der Waals surface area contributed by atoms with Gasteiger partial charge in [-0.3, -0.25) is 0 Å². The second-order valence-corrected chi connectivity index (χ2v) is 7.79. The summed E-state index contributed by atoms with van der Waals surface area (Å²) in [6, 6.07) is 0. The van der Waals surface area contributed by atoms with E-state index in [4.69, 9.17) is 80.2 Å². The molecule has 0 radical (unpaired) electrons. The van der Waals surface area contributed by atoms with Gasteiger partial charge in [0.15, 0.2) is 0 Å². The first-order valence-corrected chi connectivity index (χ1v) is 12.7. The molecule has 0 spiro atoms. The summed E-state index contributed by atoms with van der Waals surface area (Å²) in [6.07, 6.45) is 0. The van der Waals surface area contributed by atoms with Crippen LogP contribution in [0.4, 0.5) is 0 Å². The molecule has 0 aliphatic carbocycles. The first kappa shape index (κ1) is 46.5. The summed E-state index contributed by atoms with van der Waals surface area (Å²) >= 11 is -28.1. The Morgan fingerprint density at radius 1 is 0.259 bits per heavy atom. The van der Waals surface area contributed by atoms with Gasteiger partial charge in [0.1, 0.15) is 0 Å². The molecule has 0 saturated carbocycles. The van der Waals surface area contributed by atoms with Crippen LogP contribution >= 0.6 is 0 Å². The van der Waals surface area contributed by atoms with E-state index in [0.717, 1.165) is 0 Å². The van der Waals surface area contributed by atoms with Crippen molar-refractivity contribution in [1.82, 2.24) is 0 Å². The van der Waals surface area contributed by atoms with Crippen LogP contribution in [0.25, 0.3) is 0 Å². The van der Waals surface area contributed by atoms with Crippen molar-refractivity contribution in [3.05, 3.63) is 0 Å². The maximum Gasteiger partial charge on any atom is 5.00 e. The molecule has 0 bridgehead atoms. The molecular weight excluding hydrogens is 697 g/mol. The summed E-state index contributed by atoms with van der Waals surface area (Å²) in [7, 11) is 0. The third kappa shape index (κ3) is 9430. The predicted octanol–water partition coefficient (Wildman–Crippen LogP) is -13.1. The molecule has 0 fully saturated rings. The van der Waals surface area contributed by atoms with E-state index in [-0.39, 0.29) is 37.1 Å². The van der Waals surface area contributed by atoms with Gasteiger partial charge < -0.3 is 0 Å². The Morgan fingerprint density at radius 2 is 0.259 bits per heavy atom. The van der Waals surface area contributed by atoms with Gasteiger partial charge in [0.25, 0.3) is 0 Å². The van der Waals surface area contributed by atoms with Crippen LogP contribution in [-0.4, -0.2) is 0 Å². The molecule has 27 heavy (non-hydrogen) atoms. The van der Waals surface area contributed by atoms with Crippen molar-refractivity contribution in [1.29, 1.82) is 0 Å². The van der Waals surface area contributed by atoms with Gasteiger partial charge in [-0.15, -0.1) is 0 Å². The maximum atomic E-state index is 8.58. The number of rotatable bonds is 0. The zero-order valence-corrected chi connectivity index (χ0v) is 19.6. The third-order valence-electron chi connectivity index (χ3n) is 0. The zero-order valence-electron chi connectivity index (χ0n) is 10.9. The smallest absolute Gasteiger partial charge is 5.00 e. The monoisotopic (exact) mass is 696 g/mol. The van der Waals surface area contributed by atoms with Crippen LogP contribution in [0.1, 0.15) is 0 Å². The topological polar surface area (TPSA) is 401 Å². The van der Waals surface area contributed by atoms with Crippen LogP contribution in [0, 0.1) is 0 Å². The molecule has 0 heterocycles. The second-order valence-electron chi connectivity index (χ2n) is 1.89. The molecule has 0 aromatic rings. The Kier molecular flexibility index (Phi) is 33.3. The van der Waals surface area contributed by atoms with Gasteiger partial charge in [0.05, 0.1) is 0 Å². The Bertz CT molecular complexity index is 619. The van der Waals surface area contributed by atoms with Crippen molar-refractivity contribution in [2.45, 2.75) is 0 Å². The minimum absolute atomic E-state index is 0. The number of hydrogen-bond donors (Lipinski definition) is 0. The van der Waals surface area contributed by atoms with Crippen molar-refractivity contribution in [3.63, 3.8) is 0 Å². The van der Waals surface area contributed by atoms with Gasteiger partial charge in [0, 0.05) is 0 Å². The molecule has 165 valence electrons. The standard InChI is InChI=1S/5Mn.20O.2V/q;;;;;;;;;;;;;;;10*-1;2*+5. The van der Waals surface area contributed by atoms with Gasteiger partial charge in [-0.25, -0.2) is 0 Å². The minimum atomic E-state index is -5.62. The van der Waals surface area contributed by atoms with Crippen molar-refractivity contribution >= 4 is 0 Å². The summed E-state index contributed by atoms with van der Waals surface area (Å²) in [4.78, 5) is 0. The van der Waals surface area contributed by atoms with Crippen LogP contribution in [0.15, 0.2) is 0 Å². The van der Waals surface area contributed by atoms with E-state index >= 15 is 0 Å². The molecule has 20 nitrogen and oxygen atoms in total. The molecule has 0 unspecified atom stereocenters. The summed E-state index contributed by atoms with van der Waals surface area (Å²) in [5.41, 5.74) is 0. The average molecular weight is 697 g/mol. The van der Waals surface area contributed by atoms with Crippen molar-refractivity contribution in [3.8, 4) is 0 Å². The van der Waals surface area contributed by atoms with E-state index in [1.807, 2.05) is 0 Å². The first-order valence-electron chi connectivity index (χ1n) is 3.09. The molecule has 0 aliphatic heterocycles. The van der Waals surface area contributed by atoms with E-state index < -0.39 is 66.8 Å².